The number of hydrogen-bond acceptors (Lipinski definition) is 7. The fourth-order valence-corrected chi connectivity index (χ4v) is 4.14. The summed E-state index contributed by atoms with van der Waals surface area (Å²) in [5, 5.41) is 8.94. The zero-order valence-electron chi connectivity index (χ0n) is 19.8. The second-order valence-electron chi connectivity index (χ2n) is 8.83. The molecule has 39 heavy (non-hydrogen) atoms. The molecule has 0 saturated carbocycles. The number of nitrogens with zero attached hydrogens (tertiary/aromatic N) is 6. The van der Waals surface area contributed by atoms with Crippen LogP contribution in [0.25, 0.3) is 22.6 Å². The van der Waals surface area contributed by atoms with E-state index in [9.17, 15) is 35.5 Å². The van der Waals surface area contributed by atoms with Crippen LogP contribution in [0.2, 0.25) is 0 Å². The first kappa shape index (κ1) is 26.2. The zero-order valence-corrected chi connectivity index (χ0v) is 19.8. The Morgan fingerprint density at radius 2 is 1.95 bits per heavy atom. The largest absolute Gasteiger partial charge is 0.390 e. The monoisotopic (exact) mass is 554 g/mol. The SMILES string of the molecule is C[C@@]1(C(F)F)C(=O)Nc2nc(-c3nn(Cc4ncccc4F)c4ncc(F)cc34)nc(NCCC(F)(F)F)c21. The van der Waals surface area contributed by atoms with Crippen LogP contribution in [0, 0.1) is 11.6 Å². The maximum atomic E-state index is 14.3. The Hall–Kier alpha value is -4.37. The Balaban J connectivity index is 1.67. The molecule has 0 aromatic carbocycles. The predicted molar refractivity (Wildman–Crippen MR) is 123 cm³/mol. The molecule has 5 heterocycles. The first-order valence-electron chi connectivity index (χ1n) is 11.3. The van der Waals surface area contributed by atoms with Gasteiger partial charge in [-0.2, -0.15) is 18.3 Å². The van der Waals surface area contributed by atoms with E-state index in [-0.39, 0.29) is 40.6 Å². The van der Waals surface area contributed by atoms with E-state index in [2.05, 4.69) is 35.7 Å². The van der Waals surface area contributed by atoms with Crippen molar-refractivity contribution in [2.45, 2.75) is 37.9 Å². The molecule has 1 amide bonds. The lowest BCUT2D eigenvalue weighted by Crippen LogP contribution is -2.39. The van der Waals surface area contributed by atoms with Crippen LogP contribution in [-0.2, 0) is 16.8 Å². The summed E-state index contributed by atoms with van der Waals surface area (Å²) in [4.78, 5) is 28.7. The predicted octanol–water partition coefficient (Wildman–Crippen LogP) is 4.45. The number of halogens is 7. The highest BCUT2D eigenvalue weighted by atomic mass is 19.4. The number of anilines is 2. The zero-order chi connectivity index (χ0) is 28.1. The van der Waals surface area contributed by atoms with Gasteiger partial charge in [-0.1, -0.05) is 0 Å². The highest BCUT2D eigenvalue weighted by Gasteiger charge is 2.53. The number of alkyl halides is 5. The number of hydrogen-bond donors (Lipinski definition) is 2. The molecule has 4 aromatic rings. The Kier molecular flexibility index (Phi) is 6.34. The minimum atomic E-state index is -4.56. The van der Waals surface area contributed by atoms with Gasteiger partial charge in [0.25, 0.3) is 6.43 Å². The van der Waals surface area contributed by atoms with Crippen molar-refractivity contribution in [3.05, 3.63) is 53.5 Å². The van der Waals surface area contributed by atoms with Crippen LogP contribution in [0.4, 0.5) is 42.4 Å². The first-order valence-corrected chi connectivity index (χ1v) is 11.3. The Bertz CT molecular complexity index is 1590. The molecule has 0 radical (unpaired) electrons. The minimum absolute atomic E-state index is 0.0242. The van der Waals surface area contributed by atoms with E-state index in [1.165, 1.54) is 23.0 Å². The van der Waals surface area contributed by atoms with E-state index in [0.29, 0.717) is 0 Å². The molecule has 204 valence electrons. The number of aromatic nitrogens is 6. The van der Waals surface area contributed by atoms with Crippen molar-refractivity contribution in [2.24, 2.45) is 0 Å². The summed E-state index contributed by atoms with van der Waals surface area (Å²) in [6, 6.07) is 3.59. The van der Waals surface area contributed by atoms with Crippen LogP contribution in [0.5, 0.6) is 0 Å². The third-order valence-corrected chi connectivity index (χ3v) is 6.17. The van der Waals surface area contributed by atoms with E-state index in [1.807, 2.05) is 0 Å². The fourth-order valence-electron chi connectivity index (χ4n) is 4.14. The quantitative estimate of drug-likeness (QED) is 0.325. The van der Waals surface area contributed by atoms with Crippen molar-refractivity contribution in [2.75, 3.05) is 17.2 Å². The van der Waals surface area contributed by atoms with E-state index < -0.39 is 59.9 Å². The van der Waals surface area contributed by atoms with E-state index >= 15 is 0 Å². The Morgan fingerprint density at radius 1 is 1.18 bits per heavy atom. The van der Waals surface area contributed by atoms with Gasteiger partial charge in [0.05, 0.1) is 35.8 Å². The van der Waals surface area contributed by atoms with Crippen molar-refractivity contribution < 1.29 is 35.5 Å². The first-order chi connectivity index (χ1) is 18.4. The number of carbonyl (C=O) groups is 1. The van der Waals surface area contributed by atoms with Crippen molar-refractivity contribution in [3.63, 3.8) is 0 Å². The summed E-state index contributed by atoms with van der Waals surface area (Å²) in [7, 11) is 0. The molecule has 0 saturated heterocycles. The fraction of sp³-hybridized carbons (Fsp3) is 0.304. The number of nitrogens with one attached hydrogen (secondary N) is 2. The summed E-state index contributed by atoms with van der Waals surface area (Å²) < 4.78 is 96.1. The standard InChI is InChI=1S/C23H17F7N8O/c1-22(20(26)27)14-16(32-6-4-23(28,29)30)34-18(35-17(14)36-21(22)39)15-11-7-10(24)8-33-19(11)38(37-15)9-13-12(25)3-2-5-31-13/h2-3,5,7-8,20H,4,6,9H2,1H3,(H2,32,34,35,36,39)/t22-/m1/s1. The molecule has 5 rings (SSSR count). The normalized spacial score (nSPS) is 17.1. The van der Waals surface area contributed by atoms with E-state index in [0.717, 1.165) is 19.2 Å². The lowest BCUT2D eigenvalue weighted by Gasteiger charge is -2.23. The molecule has 1 aliphatic rings. The van der Waals surface area contributed by atoms with Gasteiger partial charge in [0, 0.05) is 12.7 Å². The average molecular weight is 554 g/mol. The lowest BCUT2D eigenvalue weighted by atomic mass is 9.85. The van der Waals surface area contributed by atoms with Gasteiger partial charge in [0.2, 0.25) is 5.91 Å². The van der Waals surface area contributed by atoms with E-state index in [1.54, 1.807) is 0 Å². The second kappa shape index (κ2) is 9.43. The molecular formula is C23H17F7N8O. The van der Waals surface area contributed by atoms with Gasteiger partial charge in [0.15, 0.2) is 11.5 Å². The minimum Gasteiger partial charge on any atom is -0.369 e. The van der Waals surface area contributed by atoms with Crippen molar-refractivity contribution in [3.8, 4) is 11.5 Å². The molecule has 0 aliphatic carbocycles. The Morgan fingerprint density at radius 3 is 2.64 bits per heavy atom. The maximum Gasteiger partial charge on any atom is 0.390 e. The summed E-state index contributed by atoms with van der Waals surface area (Å²) in [6.07, 6.45) is -6.89. The third kappa shape index (κ3) is 4.70. The number of rotatable bonds is 7. The van der Waals surface area contributed by atoms with Crippen molar-refractivity contribution in [1.82, 2.24) is 29.7 Å². The molecule has 16 heteroatoms. The number of pyridine rings is 2. The molecule has 0 spiro atoms. The highest BCUT2D eigenvalue weighted by Crippen LogP contribution is 2.45. The van der Waals surface area contributed by atoms with Crippen LogP contribution >= 0.6 is 0 Å². The van der Waals surface area contributed by atoms with Gasteiger partial charge in [0.1, 0.15) is 34.4 Å². The molecule has 1 atom stereocenters. The van der Waals surface area contributed by atoms with Crippen LogP contribution in [0.1, 0.15) is 24.6 Å². The molecule has 2 N–H and O–H groups in total. The third-order valence-electron chi connectivity index (χ3n) is 6.17. The molecule has 0 unspecified atom stereocenters. The van der Waals surface area contributed by atoms with Gasteiger partial charge < -0.3 is 10.6 Å². The van der Waals surface area contributed by atoms with Crippen LogP contribution < -0.4 is 10.6 Å². The molecule has 0 fully saturated rings. The smallest absolute Gasteiger partial charge is 0.369 e. The molecule has 9 nitrogen and oxygen atoms in total. The average Bonchev–Trinajstić information content (AvgIpc) is 3.34. The molecule has 0 bridgehead atoms. The van der Waals surface area contributed by atoms with Crippen LogP contribution in [0.15, 0.2) is 30.6 Å². The molecule has 1 aliphatic heterocycles. The summed E-state index contributed by atoms with van der Waals surface area (Å²) in [5.74, 6) is -3.72. The summed E-state index contributed by atoms with van der Waals surface area (Å²) in [6.45, 7) is -0.0739. The number of amides is 1. The van der Waals surface area contributed by atoms with Crippen molar-refractivity contribution in [1.29, 1.82) is 0 Å². The molecular weight excluding hydrogens is 537 g/mol. The van der Waals surface area contributed by atoms with E-state index in [4.69, 9.17) is 0 Å². The number of carbonyl (C=O) groups excluding carboxylic acids is 1. The Labute approximate surface area is 214 Å². The van der Waals surface area contributed by atoms with Crippen LogP contribution in [-0.4, -0.2) is 54.8 Å². The van der Waals surface area contributed by atoms with Crippen molar-refractivity contribution >= 4 is 28.6 Å². The van der Waals surface area contributed by atoms with Crippen LogP contribution in [0.3, 0.4) is 0 Å². The summed E-state index contributed by atoms with van der Waals surface area (Å²) >= 11 is 0. The van der Waals surface area contributed by atoms with Gasteiger partial charge in [-0.05, 0) is 25.1 Å². The maximum absolute atomic E-state index is 14.3. The second-order valence-corrected chi connectivity index (χ2v) is 8.83. The number of fused-ring (bicyclic) bond motifs is 2. The van der Waals surface area contributed by atoms with Gasteiger partial charge >= 0.3 is 6.18 Å². The topological polar surface area (TPSA) is 111 Å². The lowest BCUT2D eigenvalue weighted by molar-refractivity contribution is -0.131. The molecule has 4 aromatic heterocycles. The van der Waals surface area contributed by atoms with Gasteiger partial charge in [-0.25, -0.2) is 37.2 Å². The van der Waals surface area contributed by atoms with Gasteiger partial charge in [-0.15, -0.1) is 0 Å². The summed E-state index contributed by atoms with van der Waals surface area (Å²) in [5.41, 5.74) is -2.98. The highest BCUT2D eigenvalue weighted by molar-refractivity contribution is 6.07. The van der Waals surface area contributed by atoms with Gasteiger partial charge in [-0.3, -0.25) is 9.78 Å².